The van der Waals surface area contributed by atoms with Gasteiger partial charge in [0, 0.05) is 50.9 Å². The molecule has 0 spiro atoms. The number of fused-ring (bicyclic) bond motifs is 1. The van der Waals surface area contributed by atoms with Gasteiger partial charge < -0.3 is 9.80 Å². The van der Waals surface area contributed by atoms with E-state index in [2.05, 4.69) is 41.2 Å². The summed E-state index contributed by atoms with van der Waals surface area (Å²) in [5.41, 5.74) is 1.34. The maximum absolute atomic E-state index is 11.6. The number of benzene rings is 1. The van der Waals surface area contributed by atoms with Crippen LogP contribution in [0.4, 0.5) is 0 Å². The van der Waals surface area contributed by atoms with E-state index < -0.39 is 0 Å². The molecule has 1 atom stereocenters. The molecule has 4 heteroatoms. The maximum atomic E-state index is 11.6. The van der Waals surface area contributed by atoms with Gasteiger partial charge in [-0.15, -0.1) is 0 Å². The average Bonchev–Trinajstić information content (AvgIpc) is 2.51. The molecular weight excluding hydrogens is 274 g/mol. The van der Waals surface area contributed by atoms with Crippen molar-refractivity contribution >= 4 is 16.7 Å². The van der Waals surface area contributed by atoms with Crippen molar-refractivity contribution in [3.05, 3.63) is 42.2 Å². The van der Waals surface area contributed by atoms with Crippen LogP contribution in [0.2, 0.25) is 0 Å². The number of rotatable bonds is 4. The van der Waals surface area contributed by atoms with Gasteiger partial charge in [0.1, 0.15) is 0 Å². The SMILES string of the molecule is CN(Cc1cccc2cnccc12)CC1CCC(=O)N(C)C1. The van der Waals surface area contributed by atoms with Gasteiger partial charge in [-0.05, 0) is 36.4 Å². The molecule has 0 radical (unpaired) electrons. The van der Waals surface area contributed by atoms with Crippen LogP contribution in [0.15, 0.2) is 36.7 Å². The number of nitrogens with zero attached hydrogens (tertiary/aromatic N) is 3. The lowest BCUT2D eigenvalue weighted by molar-refractivity contribution is -0.133. The van der Waals surface area contributed by atoms with E-state index >= 15 is 0 Å². The van der Waals surface area contributed by atoms with Gasteiger partial charge in [0.15, 0.2) is 0 Å². The van der Waals surface area contributed by atoms with Crippen molar-refractivity contribution in [1.82, 2.24) is 14.8 Å². The Balaban J connectivity index is 1.66. The first kappa shape index (κ1) is 15.0. The first-order valence-electron chi connectivity index (χ1n) is 7.87. The van der Waals surface area contributed by atoms with Crippen LogP contribution in [-0.2, 0) is 11.3 Å². The predicted octanol–water partition coefficient (Wildman–Crippen LogP) is 2.54. The smallest absolute Gasteiger partial charge is 0.222 e. The highest BCUT2D eigenvalue weighted by Gasteiger charge is 2.23. The number of piperidine rings is 1. The van der Waals surface area contributed by atoms with Crippen LogP contribution in [0.25, 0.3) is 10.8 Å². The molecule has 1 aromatic carbocycles. The molecule has 0 saturated carbocycles. The Morgan fingerprint density at radius 2 is 2.23 bits per heavy atom. The number of amides is 1. The Bertz CT molecular complexity index is 665. The van der Waals surface area contributed by atoms with Crippen molar-refractivity contribution in [3.8, 4) is 0 Å². The van der Waals surface area contributed by atoms with Crippen LogP contribution in [0.1, 0.15) is 18.4 Å². The van der Waals surface area contributed by atoms with Crippen molar-refractivity contribution in [3.63, 3.8) is 0 Å². The number of carbonyl (C=O) groups is 1. The zero-order valence-electron chi connectivity index (χ0n) is 13.3. The van der Waals surface area contributed by atoms with Gasteiger partial charge in [-0.1, -0.05) is 18.2 Å². The van der Waals surface area contributed by atoms with E-state index in [4.69, 9.17) is 0 Å². The molecule has 4 nitrogen and oxygen atoms in total. The van der Waals surface area contributed by atoms with Gasteiger partial charge in [-0.25, -0.2) is 0 Å². The average molecular weight is 297 g/mol. The molecular formula is C18H23N3O. The zero-order chi connectivity index (χ0) is 15.5. The largest absolute Gasteiger partial charge is 0.345 e. The van der Waals surface area contributed by atoms with E-state index in [-0.39, 0.29) is 5.91 Å². The molecule has 1 fully saturated rings. The van der Waals surface area contributed by atoms with Gasteiger partial charge in [0.05, 0.1) is 0 Å². The first-order valence-corrected chi connectivity index (χ1v) is 7.87. The molecule has 1 aliphatic rings. The van der Waals surface area contributed by atoms with Crippen molar-refractivity contribution in [2.75, 3.05) is 27.2 Å². The minimum absolute atomic E-state index is 0.278. The number of hydrogen-bond acceptors (Lipinski definition) is 3. The third-order valence-corrected chi connectivity index (χ3v) is 4.51. The molecule has 22 heavy (non-hydrogen) atoms. The second kappa shape index (κ2) is 6.44. The van der Waals surface area contributed by atoms with E-state index in [1.165, 1.54) is 16.3 Å². The fourth-order valence-electron chi connectivity index (χ4n) is 3.37. The van der Waals surface area contributed by atoms with Gasteiger partial charge in [0.2, 0.25) is 5.91 Å². The minimum Gasteiger partial charge on any atom is -0.345 e. The predicted molar refractivity (Wildman–Crippen MR) is 88.4 cm³/mol. The Morgan fingerprint density at radius 1 is 1.36 bits per heavy atom. The molecule has 1 unspecified atom stereocenters. The van der Waals surface area contributed by atoms with Crippen molar-refractivity contribution in [2.45, 2.75) is 19.4 Å². The third-order valence-electron chi connectivity index (χ3n) is 4.51. The zero-order valence-corrected chi connectivity index (χ0v) is 13.3. The number of likely N-dealkylation sites (tertiary alicyclic amines) is 1. The molecule has 0 bridgehead atoms. The summed E-state index contributed by atoms with van der Waals surface area (Å²) in [4.78, 5) is 20.0. The summed E-state index contributed by atoms with van der Waals surface area (Å²) in [6.07, 6.45) is 5.47. The summed E-state index contributed by atoms with van der Waals surface area (Å²) < 4.78 is 0. The summed E-state index contributed by atoms with van der Waals surface area (Å²) in [5, 5.41) is 2.47. The van der Waals surface area contributed by atoms with Crippen molar-refractivity contribution in [1.29, 1.82) is 0 Å². The molecule has 1 saturated heterocycles. The number of hydrogen-bond donors (Lipinski definition) is 0. The Kier molecular flexibility index (Phi) is 4.39. The van der Waals surface area contributed by atoms with E-state index in [1.54, 1.807) is 0 Å². The van der Waals surface area contributed by atoms with Crippen LogP contribution < -0.4 is 0 Å². The van der Waals surface area contributed by atoms with E-state index in [1.807, 2.05) is 24.3 Å². The van der Waals surface area contributed by atoms with Crippen LogP contribution in [0, 0.1) is 5.92 Å². The van der Waals surface area contributed by atoms with Crippen LogP contribution in [0.5, 0.6) is 0 Å². The topological polar surface area (TPSA) is 36.4 Å². The van der Waals surface area contributed by atoms with E-state index in [9.17, 15) is 4.79 Å². The van der Waals surface area contributed by atoms with Gasteiger partial charge in [-0.2, -0.15) is 0 Å². The van der Waals surface area contributed by atoms with E-state index in [0.29, 0.717) is 12.3 Å². The Labute approximate surface area is 131 Å². The summed E-state index contributed by atoms with van der Waals surface area (Å²) in [5.74, 6) is 0.852. The van der Waals surface area contributed by atoms with Crippen LogP contribution in [0.3, 0.4) is 0 Å². The molecule has 1 aliphatic heterocycles. The number of carbonyl (C=O) groups excluding carboxylic acids is 1. The van der Waals surface area contributed by atoms with Gasteiger partial charge >= 0.3 is 0 Å². The molecule has 116 valence electrons. The summed E-state index contributed by atoms with van der Waals surface area (Å²) in [7, 11) is 4.07. The summed E-state index contributed by atoms with van der Waals surface area (Å²) in [6.45, 7) is 2.83. The molecule has 0 N–H and O–H groups in total. The minimum atomic E-state index is 0.278. The lowest BCUT2D eigenvalue weighted by atomic mass is 9.97. The molecule has 2 heterocycles. The number of aromatic nitrogens is 1. The van der Waals surface area contributed by atoms with Crippen LogP contribution in [-0.4, -0.2) is 47.9 Å². The monoisotopic (exact) mass is 297 g/mol. The van der Waals surface area contributed by atoms with Gasteiger partial charge in [0.25, 0.3) is 0 Å². The standard InChI is InChI=1S/C18H23N3O/c1-20(11-14-6-7-18(22)21(2)12-14)13-16-5-3-4-15-10-19-9-8-17(15)16/h3-5,8-10,14H,6-7,11-13H2,1-2H3. The van der Waals surface area contributed by atoms with Crippen molar-refractivity contribution < 1.29 is 4.79 Å². The molecule has 3 rings (SSSR count). The molecule has 1 amide bonds. The van der Waals surface area contributed by atoms with E-state index in [0.717, 1.165) is 26.1 Å². The second-order valence-corrected chi connectivity index (χ2v) is 6.39. The highest BCUT2D eigenvalue weighted by Crippen LogP contribution is 2.21. The molecule has 2 aromatic rings. The highest BCUT2D eigenvalue weighted by atomic mass is 16.2. The summed E-state index contributed by atoms with van der Waals surface area (Å²) >= 11 is 0. The summed E-state index contributed by atoms with van der Waals surface area (Å²) in [6, 6.07) is 8.48. The number of pyridine rings is 1. The highest BCUT2D eigenvalue weighted by molar-refractivity contribution is 5.84. The Morgan fingerprint density at radius 3 is 3.05 bits per heavy atom. The van der Waals surface area contributed by atoms with Gasteiger partial charge in [-0.3, -0.25) is 9.78 Å². The third kappa shape index (κ3) is 3.28. The van der Waals surface area contributed by atoms with Crippen molar-refractivity contribution in [2.24, 2.45) is 5.92 Å². The maximum Gasteiger partial charge on any atom is 0.222 e. The fraction of sp³-hybridized carbons (Fsp3) is 0.444. The first-order chi connectivity index (χ1) is 10.6. The second-order valence-electron chi connectivity index (χ2n) is 6.39. The quantitative estimate of drug-likeness (QED) is 0.870. The normalized spacial score (nSPS) is 19.1. The van der Waals surface area contributed by atoms with Crippen LogP contribution >= 0.6 is 0 Å². The molecule has 0 aliphatic carbocycles. The lowest BCUT2D eigenvalue weighted by Crippen LogP contribution is -2.41. The fourth-order valence-corrected chi connectivity index (χ4v) is 3.37. The molecule has 1 aromatic heterocycles. The Hall–Kier alpha value is -1.94. The lowest BCUT2D eigenvalue weighted by Gasteiger charge is -2.32.